The van der Waals surface area contributed by atoms with Gasteiger partial charge in [0.15, 0.2) is 0 Å². The Hall–Kier alpha value is -1.31. The monoisotopic (exact) mass is 219 g/mol. The van der Waals surface area contributed by atoms with E-state index in [9.17, 15) is 4.79 Å². The van der Waals surface area contributed by atoms with Crippen molar-refractivity contribution in [1.82, 2.24) is 5.32 Å². The maximum absolute atomic E-state index is 11.8. The van der Waals surface area contributed by atoms with Gasteiger partial charge >= 0.3 is 0 Å². The van der Waals surface area contributed by atoms with Crippen molar-refractivity contribution < 1.29 is 4.79 Å². The fourth-order valence-corrected chi connectivity index (χ4v) is 1.43. The van der Waals surface area contributed by atoms with Crippen LogP contribution >= 0.6 is 0 Å². The molecule has 2 nitrogen and oxygen atoms in total. The Kier molecular flexibility index (Phi) is 4.53. The average Bonchev–Trinajstić information content (AvgIpc) is 2.28. The Morgan fingerprint density at radius 3 is 2.19 bits per heavy atom. The molecule has 0 fully saturated rings. The maximum atomic E-state index is 11.8. The van der Waals surface area contributed by atoms with Gasteiger partial charge in [-0.2, -0.15) is 0 Å². The normalized spacial score (nSPS) is 12.6. The van der Waals surface area contributed by atoms with E-state index in [1.165, 1.54) is 5.56 Å². The van der Waals surface area contributed by atoms with Crippen LogP contribution in [0.2, 0.25) is 0 Å². The van der Waals surface area contributed by atoms with Gasteiger partial charge in [0.05, 0.1) is 0 Å². The van der Waals surface area contributed by atoms with Crippen molar-refractivity contribution in [3.63, 3.8) is 0 Å². The zero-order chi connectivity index (χ0) is 12.1. The molecule has 1 N–H and O–H groups in total. The minimum Gasteiger partial charge on any atom is -0.350 e. The Bertz CT molecular complexity index is 340. The summed E-state index contributed by atoms with van der Waals surface area (Å²) in [6.45, 7) is 8.37. The first-order valence-corrected chi connectivity index (χ1v) is 5.95. The lowest BCUT2D eigenvalue weighted by Gasteiger charge is -2.12. The summed E-state index contributed by atoms with van der Waals surface area (Å²) in [6.07, 6.45) is 0.954. The van der Waals surface area contributed by atoms with E-state index >= 15 is 0 Å². The van der Waals surface area contributed by atoms with E-state index in [0.29, 0.717) is 5.92 Å². The van der Waals surface area contributed by atoms with Crippen molar-refractivity contribution >= 4 is 5.91 Å². The summed E-state index contributed by atoms with van der Waals surface area (Å²) in [5.41, 5.74) is 2.00. The van der Waals surface area contributed by atoms with Crippen LogP contribution in [0.5, 0.6) is 0 Å². The highest BCUT2D eigenvalue weighted by molar-refractivity contribution is 5.94. The lowest BCUT2D eigenvalue weighted by atomic mass is 10.0. The fourth-order valence-electron chi connectivity index (χ4n) is 1.43. The first-order valence-electron chi connectivity index (χ1n) is 5.95. The molecule has 1 aromatic carbocycles. The molecule has 0 aliphatic carbocycles. The van der Waals surface area contributed by atoms with Crippen LogP contribution < -0.4 is 5.32 Å². The molecule has 0 saturated heterocycles. The van der Waals surface area contributed by atoms with Crippen LogP contribution in [-0.2, 0) is 0 Å². The van der Waals surface area contributed by atoms with Crippen molar-refractivity contribution in [3.8, 4) is 0 Å². The van der Waals surface area contributed by atoms with Gasteiger partial charge in [-0.05, 0) is 37.0 Å². The summed E-state index contributed by atoms with van der Waals surface area (Å²) in [4.78, 5) is 11.8. The van der Waals surface area contributed by atoms with Gasteiger partial charge in [-0.25, -0.2) is 0 Å². The second kappa shape index (κ2) is 5.69. The van der Waals surface area contributed by atoms with E-state index < -0.39 is 0 Å². The van der Waals surface area contributed by atoms with E-state index in [-0.39, 0.29) is 11.9 Å². The quantitative estimate of drug-likeness (QED) is 0.826. The predicted octanol–water partition coefficient (Wildman–Crippen LogP) is 3.34. The molecule has 16 heavy (non-hydrogen) atoms. The molecule has 1 unspecified atom stereocenters. The first kappa shape index (κ1) is 12.8. The van der Waals surface area contributed by atoms with Gasteiger partial charge < -0.3 is 5.32 Å². The Labute approximate surface area is 98.1 Å². The zero-order valence-corrected chi connectivity index (χ0v) is 10.6. The highest BCUT2D eigenvalue weighted by Gasteiger charge is 2.08. The molecule has 0 bridgehead atoms. The van der Waals surface area contributed by atoms with E-state index in [1.54, 1.807) is 0 Å². The summed E-state index contributed by atoms with van der Waals surface area (Å²) in [5.74, 6) is 0.524. The third kappa shape index (κ3) is 3.37. The van der Waals surface area contributed by atoms with Crippen LogP contribution in [0.15, 0.2) is 24.3 Å². The van der Waals surface area contributed by atoms with E-state index in [2.05, 4.69) is 26.1 Å². The van der Waals surface area contributed by atoms with E-state index in [1.807, 2.05) is 31.2 Å². The van der Waals surface area contributed by atoms with Crippen molar-refractivity contribution in [1.29, 1.82) is 0 Å². The topological polar surface area (TPSA) is 29.1 Å². The molecular weight excluding hydrogens is 198 g/mol. The molecule has 0 aliphatic rings. The molecule has 0 aromatic heterocycles. The minimum absolute atomic E-state index is 0.0182. The SMILES string of the molecule is CCC(C)NC(=O)c1ccc(C(C)C)cc1. The number of nitrogens with one attached hydrogen (secondary N) is 1. The molecule has 1 atom stereocenters. The molecular formula is C14H21NO. The lowest BCUT2D eigenvalue weighted by Crippen LogP contribution is -2.31. The Morgan fingerprint density at radius 1 is 1.19 bits per heavy atom. The third-order valence-electron chi connectivity index (χ3n) is 2.83. The number of hydrogen-bond donors (Lipinski definition) is 1. The van der Waals surface area contributed by atoms with Crippen LogP contribution in [0.25, 0.3) is 0 Å². The van der Waals surface area contributed by atoms with E-state index in [4.69, 9.17) is 0 Å². The van der Waals surface area contributed by atoms with Gasteiger partial charge in [-0.1, -0.05) is 32.9 Å². The summed E-state index contributed by atoms with van der Waals surface area (Å²) < 4.78 is 0. The Balaban J connectivity index is 2.70. The average molecular weight is 219 g/mol. The summed E-state index contributed by atoms with van der Waals surface area (Å²) in [5, 5.41) is 2.96. The van der Waals surface area contributed by atoms with Gasteiger partial charge in [0.2, 0.25) is 0 Å². The highest BCUT2D eigenvalue weighted by Crippen LogP contribution is 2.14. The van der Waals surface area contributed by atoms with Gasteiger partial charge in [0.25, 0.3) is 5.91 Å². The molecule has 0 spiro atoms. The maximum Gasteiger partial charge on any atom is 0.251 e. The van der Waals surface area contributed by atoms with Crippen molar-refractivity contribution in [2.75, 3.05) is 0 Å². The van der Waals surface area contributed by atoms with Crippen LogP contribution in [0.3, 0.4) is 0 Å². The molecule has 0 saturated carbocycles. The largest absolute Gasteiger partial charge is 0.350 e. The third-order valence-corrected chi connectivity index (χ3v) is 2.83. The van der Waals surface area contributed by atoms with Gasteiger partial charge in [0.1, 0.15) is 0 Å². The molecule has 0 radical (unpaired) electrons. The summed E-state index contributed by atoms with van der Waals surface area (Å²) in [7, 11) is 0. The number of hydrogen-bond acceptors (Lipinski definition) is 1. The zero-order valence-electron chi connectivity index (χ0n) is 10.6. The van der Waals surface area contributed by atoms with E-state index in [0.717, 1.165) is 12.0 Å². The van der Waals surface area contributed by atoms with Gasteiger partial charge in [0, 0.05) is 11.6 Å². The summed E-state index contributed by atoms with van der Waals surface area (Å²) in [6, 6.07) is 8.07. The fraction of sp³-hybridized carbons (Fsp3) is 0.500. The van der Waals surface area contributed by atoms with Gasteiger partial charge in [-0.3, -0.25) is 4.79 Å². The van der Waals surface area contributed by atoms with Crippen LogP contribution in [-0.4, -0.2) is 11.9 Å². The molecule has 1 rings (SSSR count). The second-order valence-corrected chi connectivity index (χ2v) is 4.56. The number of carbonyl (C=O) groups is 1. The molecule has 2 heteroatoms. The van der Waals surface area contributed by atoms with Crippen molar-refractivity contribution in [2.24, 2.45) is 0 Å². The minimum atomic E-state index is 0.0182. The predicted molar refractivity (Wildman–Crippen MR) is 67.8 cm³/mol. The first-order chi connectivity index (χ1) is 7.54. The summed E-state index contributed by atoms with van der Waals surface area (Å²) >= 11 is 0. The van der Waals surface area contributed by atoms with Crippen LogP contribution in [0, 0.1) is 0 Å². The lowest BCUT2D eigenvalue weighted by molar-refractivity contribution is 0.0939. The van der Waals surface area contributed by atoms with Gasteiger partial charge in [-0.15, -0.1) is 0 Å². The number of carbonyl (C=O) groups excluding carboxylic acids is 1. The van der Waals surface area contributed by atoms with Crippen LogP contribution in [0.1, 0.15) is 56.0 Å². The van der Waals surface area contributed by atoms with Crippen molar-refractivity contribution in [2.45, 2.75) is 46.1 Å². The highest BCUT2D eigenvalue weighted by atomic mass is 16.1. The number of amides is 1. The Morgan fingerprint density at radius 2 is 1.75 bits per heavy atom. The molecule has 0 heterocycles. The number of benzene rings is 1. The molecule has 88 valence electrons. The van der Waals surface area contributed by atoms with Crippen molar-refractivity contribution in [3.05, 3.63) is 35.4 Å². The second-order valence-electron chi connectivity index (χ2n) is 4.56. The number of rotatable bonds is 4. The molecule has 0 aliphatic heterocycles. The smallest absolute Gasteiger partial charge is 0.251 e. The molecule has 1 amide bonds. The van der Waals surface area contributed by atoms with Crippen LogP contribution in [0.4, 0.5) is 0 Å². The molecule has 1 aromatic rings. The standard InChI is InChI=1S/C14H21NO/c1-5-11(4)15-14(16)13-8-6-12(7-9-13)10(2)3/h6-11H,5H2,1-4H3,(H,15,16).